The van der Waals surface area contributed by atoms with E-state index in [1.807, 2.05) is 4.90 Å². The smallest absolute Gasteiger partial charge is 0.259 e. The average molecular weight is 219 g/mol. The van der Waals surface area contributed by atoms with Crippen LogP contribution in [-0.4, -0.2) is 61.9 Å². The molecule has 0 aromatic heterocycles. The number of nitrogens with zero attached hydrogens (tertiary/aromatic N) is 2. The summed E-state index contributed by atoms with van der Waals surface area (Å²) in [6.07, 6.45) is 0. The average Bonchev–Trinajstić information content (AvgIpc) is 2.04. The lowest BCUT2D eigenvalue weighted by molar-refractivity contribution is -0.870. The standard InChI is InChI=1S/C10H23N2OS/c1-6-11(7-2)10(14)13-9-8-12(3,4)5/h6-9H2,1-5H3/q+1. The number of hydrogen-bond donors (Lipinski definition) is 0. The molecule has 0 saturated heterocycles. The molecular formula is C10H23N2OS+. The van der Waals surface area contributed by atoms with E-state index in [0.717, 1.165) is 24.1 Å². The maximum absolute atomic E-state index is 5.50. The Morgan fingerprint density at radius 3 is 2.07 bits per heavy atom. The Morgan fingerprint density at radius 2 is 1.71 bits per heavy atom. The van der Waals surface area contributed by atoms with E-state index in [1.54, 1.807) is 0 Å². The minimum Gasteiger partial charge on any atom is -0.465 e. The van der Waals surface area contributed by atoms with Crippen LogP contribution < -0.4 is 0 Å². The second-order valence-electron chi connectivity index (χ2n) is 4.30. The third-order valence-electron chi connectivity index (χ3n) is 2.01. The van der Waals surface area contributed by atoms with Gasteiger partial charge in [0.25, 0.3) is 5.17 Å². The Kier molecular flexibility index (Phi) is 6.04. The fourth-order valence-corrected chi connectivity index (χ4v) is 1.32. The van der Waals surface area contributed by atoms with E-state index in [2.05, 4.69) is 35.0 Å². The van der Waals surface area contributed by atoms with Crippen LogP contribution >= 0.6 is 12.2 Å². The Labute approximate surface area is 93.2 Å². The van der Waals surface area contributed by atoms with Crippen LogP contribution in [0.4, 0.5) is 0 Å². The van der Waals surface area contributed by atoms with Gasteiger partial charge in [0, 0.05) is 13.1 Å². The van der Waals surface area contributed by atoms with Crippen LogP contribution in [0.2, 0.25) is 0 Å². The Balaban J connectivity index is 3.74. The molecule has 0 unspecified atom stereocenters. The minimum atomic E-state index is 0.628. The number of hydrogen-bond acceptors (Lipinski definition) is 2. The van der Waals surface area contributed by atoms with Gasteiger partial charge in [0.2, 0.25) is 0 Å². The predicted molar refractivity (Wildman–Crippen MR) is 64.4 cm³/mol. The highest BCUT2D eigenvalue weighted by molar-refractivity contribution is 7.80. The fourth-order valence-electron chi connectivity index (χ4n) is 0.980. The first-order valence-electron chi connectivity index (χ1n) is 5.13. The molecule has 0 spiro atoms. The highest BCUT2D eigenvalue weighted by Gasteiger charge is 2.10. The molecule has 0 aliphatic rings. The third-order valence-corrected chi connectivity index (χ3v) is 2.39. The molecule has 0 rings (SSSR count). The van der Waals surface area contributed by atoms with Crippen molar-refractivity contribution in [2.75, 3.05) is 47.4 Å². The van der Waals surface area contributed by atoms with Gasteiger partial charge >= 0.3 is 0 Å². The molecule has 0 atom stereocenters. The van der Waals surface area contributed by atoms with E-state index < -0.39 is 0 Å². The van der Waals surface area contributed by atoms with E-state index in [0.29, 0.717) is 11.8 Å². The zero-order chi connectivity index (χ0) is 11.2. The molecule has 3 nitrogen and oxygen atoms in total. The fraction of sp³-hybridized carbons (Fsp3) is 0.900. The molecule has 84 valence electrons. The summed E-state index contributed by atoms with van der Waals surface area (Å²) in [4.78, 5) is 2.05. The van der Waals surface area contributed by atoms with E-state index in [1.165, 1.54) is 0 Å². The van der Waals surface area contributed by atoms with Crippen LogP contribution in [0.5, 0.6) is 0 Å². The summed E-state index contributed by atoms with van der Waals surface area (Å²) >= 11 is 5.16. The summed E-state index contributed by atoms with van der Waals surface area (Å²) in [5, 5.41) is 0.628. The summed E-state index contributed by atoms with van der Waals surface area (Å²) in [6.45, 7) is 7.66. The SMILES string of the molecule is CCN(CC)C(=S)OCC[N+](C)(C)C. The number of thiocarbonyl (C=S) groups is 1. The zero-order valence-corrected chi connectivity index (χ0v) is 10.9. The lowest BCUT2D eigenvalue weighted by Crippen LogP contribution is -2.39. The second-order valence-corrected chi connectivity index (χ2v) is 4.65. The Morgan fingerprint density at radius 1 is 1.21 bits per heavy atom. The number of likely N-dealkylation sites (N-methyl/N-ethyl adjacent to an activating group) is 1. The van der Waals surface area contributed by atoms with Gasteiger partial charge in [-0.25, -0.2) is 0 Å². The normalized spacial score (nSPS) is 11.2. The van der Waals surface area contributed by atoms with Crippen LogP contribution in [0.1, 0.15) is 13.8 Å². The first kappa shape index (κ1) is 13.7. The molecule has 14 heavy (non-hydrogen) atoms. The molecule has 0 aromatic rings. The minimum absolute atomic E-state index is 0.628. The van der Waals surface area contributed by atoms with Crippen LogP contribution in [0.3, 0.4) is 0 Å². The topological polar surface area (TPSA) is 12.5 Å². The van der Waals surface area contributed by atoms with E-state index in [-0.39, 0.29) is 0 Å². The molecular weight excluding hydrogens is 196 g/mol. The van der Waals surface area contributed by atoms with E-state index in [9.17, 15) is 0 Å². The van der Waals surface area contributed by atoms with Gasteiger partial charge in [0.05, 0.1) is 21.1 Å². The predicted octanol–water partition coefficient (Wildman–Crippen LogP) is 1.34. The van der Waals surface area contributed by atoms with Crippen LogP contribution in [-0.2, 0) is 4.74 Å². The van der Waals surface area contributed by atoms with Crippen LogP contribution in [0.15, 0.2) is 0 Å². The summed E-state index contributed by atoms with van der Waals surface area (Å²) in [7, 11) is 6.43. The quantitative estimate of drug-likeness (QED) is 0.511. The van der Waals surface area contributed by atoms with Crippen molar-refractivity contribution in [2.45, 2.75) is 13.8 Å². The summed E-state index contributed by atoms with van der Waals surface area (Å²) in [5.41, 5.74) is 0. The van der Waals surface area contributed by atoms with Gasteiger partial charge in [-0.3, -0.25) is 0 Å². The molecule has 0 aromatic carbocycles. The maximum Gasteiger partial charge on any atom is 0.259 e. The number of ether oxygens (including phenoxy) is 1. The van der Waals surface area contributed by atoms with Gasteiger partial charge in [-0.05, 0) is 26.1 Å². The first-order chi connectivity index (χ1) is 6.40. The molecule has 0 aliphatic carbocycles. The molecule has 0 heterocycles. The van der Waals surface area contributed by atoms with Crippen molar-refractivity contribution in [3.63, 3.8) is 0 Å². The largest absolute Gasteiger partial charge is 0.465 e. The van der Waals surface area contributed by atoms with Crippen molar-refractivity contribution in [1.82, 2.24) is 4.90 Å². The number of rotatable bonds is 5. The summed E-state index contributed by atoms with van der Waals surface area (Å²) in [6, 6.07) is 0. The molecule has 0 fully saturated rings. The molecule has 0 aliphatic heterocycles. The maximum atomic E-state index is 5.50. The van der Waals surface area contributed by atoms with E-state index in [4.69, 9.17) is 17.0 Å². The summed E-state index contributed by atoms with van der Waals surface area (Å²) < 4.78 is 6.41. The van der Waals surface area contributed by atoms with Gasteiger partial charge in [-0.1, -0.05) is 0 Å². The van der Waals surface area contributed by atoms with Gasteiger partial charge in [0.15, 0.2) is 0 Å². The zero-order valence-electron chi connectivity index (χ0n) is 10.0. The van der Waals surface area contributed by atoms with Gasteiger partial charge in [-0.2, -0.15) is 0 Å². The Hall–Kier alpha value is -0.350. The van der Waals surface area contributed by atoms with Crippen molar-refractivity contribution in [3.8, 4) is 0 Å². The van der Waals surface area contributed by atoms with Crippen LogP contribution in [0.25, 0.3) is 0 Å². The second kappa shape index (κ2) is 6.19. The summed E-state index contributed by atoms with van der Waals surface area (Å²) in [5.74, 6) is 0. The third kappa shape index (κ3) is 6.16. The van der Waals surface area contributed by atoms with Crippen molar-refractivity contribution >= 4 is 17.4 Å². The lowest BCUT2D eigenvalue weighted by Gasteiger charge is -2.26. The van der Waals surface area contributed by atoms with Gasteiger partial charge in [-0.15, -0.1) is 0 Å². The highest BCUT2D eigenvalue weighted by atomic mass is 32.1. The monoisotopic (exact) mass is 219 g/mol. The Bertz CT molecular complexity index is 173. The van der Waals surface area contributed by atoms with Crippen molar-refractivity contribution in [3.05, 3.63) is 0 Å². The van der Waals surface area contributed by atoms with Crippen molar-refractivity contribution in [1.29, 1.82) is 0 Å². The lowest BCUT2D eigenvalue weighted by atomic mass is 10.5. The van der Waals surface area contributed by atoms with Crippen molar-refractivity contribution in [2.24, 2.45) is 0 Å². The highest BCUT2D eigenvalue weighted by Crippen LogP contribution is 1.96. The van der Waals surface area contributed by atoms with Gasteiger partial charge in [0.1, 0.15) is 13.2 Å². The molecule has 0 radical (unpaired) electrons. The molecule has 0 saturated carbocycles. The molecule has 0 N–H and O–H groups in total. The van der Waals surface area contributed by atoms with Crippen molar-refractivity contribution < 1.29 is 9.22 Å². The molecule has 4 heteroatoms. The number of quaternary nitrogens is 1. The first-order valence-corrected chi connectivity index (χ1v) is 5.53. The molecule has 0 amide bonds. The molecule has 0 bridgehead atoms. The van der Waals surface area contributed by atoms with E-state index >= 15 is 0 Å². The van der Waals surface area contributed by atoms with Crippen LogP contribution in [0, 0.1) is 0 Å². The van der Waals surface area contributed by atoms with Gasteiger partial charge < -0.3 is 14.1 Å².